The van der Waals surface area contributed by atoms with Crippen LogP contribution in [-0.2, 0) is 25.0 Å². The molecule has 1 unspecified atom stereocenters. The number of carboxylic acid groups (broad SMARTS) is 1. The molecule has 1 aliphatic carbocycles. The molecule has 38 heavy (non-hydrogen) atoms. The molecule has 1 aliphatic heterocycles. The molecule has 2 heterocycles. The van der Waals surface area contributed by atoms with E-state index in [9.17, 15) is 23.1 Å². The Morgan fingerprint density at radius 3 is 2.37 bits per heavy atom. The summed E-state index contributed by atoms with van der Waals surface area (Å²) in [4.78, 5) is 27.8. The summed E-state index contributed by atoms with van der Waals surface area (Å²) >= 11 is 7.00. The number of nitrogens with one attached hydrogen (secondary N) is 2. The maximum absolute atomic E-state index is 13.5. The normalized spacial score (nSPS) is 23.1. The Morgan fingerprint density at radius 2 is 1.71 bits per heavy atom. The highest BCUT2D eigenvalue weighted by Crippen LogP contribution is 2.58. The molecule has 1 saturated carbocycles. The molecule has 2 aromatic carbocycles. The number of carbonyl (C=O) groups excluding carboxylic acids is 1. The van der Waals surface area contributed by atoms with E-state index in [2.05, 4.69) is 10.0 Å². The van der Waals surface area contributed by atoms with Crippen LogP contribution < -0.4 is 10.0 Å². The first-order valence-electron chi connectivity index (χ1n) is 12.0. The summed E-state index contributed by atoms with van der Waals surface area (Å²) in [5.74, 6) is -1.31. The van der Waals surface area contributed by atoms with Gasteiger partial charge in [-0.05, 0) is 41.8 Å². The molecule has 0 bridgehead atoms. The summed E-state index contributed by atoms with van der Waals surface area (Å²) in [7, 11) is -4.21. The van der Waals surface area contributed by atoms with E-state index in [1.54, 1.807) is 65.6 Å². The zero-order valence-corrected chi connectivity index (χ0v) is 22.6. The number of nitrogens with zero attached hydrogens (tertiary/aromatic N) is 1. The van der Waals surface area contributed by atoms with Crippen LogP contribution in [0.5, 0.6) is 0 Å². The van der Waals surface area contributed by atoms with Gasteiger partial charge in [0.25, 0.3) is 10.0 Å². The van der Waals surface area contributed by atoms with Gasteiger partial charge in [-0.3, -0.25) is 4.79 Å². The van der Waals surface area contributed by atoms with Gasteiger partial charge >= 0.3 is 12.0 Å². The summed E-state index contributed by atoms with van der Waals surface area (Å²) in [6.07, 6.45) is -0.0165. The van der Waals surface area contributed by atoms with Crippen LogP contribution in [0.25, 0.3) is 10.4 Å². The topological polar surface area (TPSA) is 125 Å². The summed E-state index contributed by atoms with van der Waals surface area (Å²) < 4.78 is 34.8. The minimum absolute atomic E-state index is 0.00529. The molecule has 2 aliphatic rings. The van der Waals surface area contributed by atoms with E-state index in [0.29, 0.717) is 41.8 Å². The smallest absolute Gasteiger partial charge is 0.325 e. The minimum atomic E-state index is -4.21. The van der Waals surface area contributed by atoms with Crippen molar-refractivity contribution in [1.82, 2.24) is 14.9 Å². The summed E-state index contributed by atoms with van der Waals surface area (Å²) in [5, 5.41) is 13.8. The van der Waals surface area contributed by atoms with Crippen LogP contribution in [0, 0.1) is 0 Å². The number of aliphatic carboxylic acids is 1. The van der Waals surface area contributed by atoms with Gasteiger partial charge in [-0.2, -0.15) is 4.72 Å². The number of morpholine rings is 1. The predicted octanol–water partition coefficient (Wildman–Crippen LogP) is 3.55. The lowest BCUT2D eigenvalue weighted by Gasteiger charge is -2.29. The Labute approximate surface area is 229 Å². The predicted molar refractivity (Wildman–Crippen MR) is 144 cm³/mol. The van der Waals surface area contributed by atoms with Crippen molar-refractivity contribution in [1.29, 1.82) is 0 Å². The van der Waals surface area contributed by atoms with Crippen molar-refractivity contribution in [3.63, 3.8) is 0 Å². The number of carbonyl (C=O) groups is 2. The Bertz CT molecular complexity index is 1440. The van der Waals surface area contributed by atoms with Crippen molar-refractivity contribution >= 4 is 45.0 Å². The molecule has 12 heteroatoms. The number of hydrogen-bond donors (Lipinski definition) is 3. The maximum atomic E-state index is 13.5. The molecule has 2 atom stereocenters. The first-order valence-corrected chi connectivity index (χ1v) is 14.6. The highest BCUT2D eigenvalue weighted by atomic mass is 35.5. The highest BCUT2D eigenvalue weighted by Gasteiger charge is 2.75. The Balaban J connectivity index is 1.43. The van der Waals surface area contributed by atoms with E-state index in [-0.39, 0.29) is 23.2 Å². The first-order chi connectivity index (χ1) is 18.2. The molecule has 3 aromatic rings. The van der Waals surface area contributed by atoms with Gasteiger partial charge in [-0.25, -0.2) is 13.2 Å². The van der Waals surface area contributed by atoms with Gasteiger partial charge in [-0.15, -0.1) is 11.3 Å². The maximum Gasteiger partial charge on any atom is 0.325 e. The first kappa shape index (κ1) is 26.6. The fourth-order valence-electron chi connectivity index (χ4n) is 4.91. The van der Waals surface area contributed by atoms with Crippen LogP contribution in [0.2, 0.25) is 5.02 Å². The third-order valence-corrected chi connectivity index (χ3v) is 10.4. The summed E-state index contributed by atoms with van der Waals surface area (Å²) in [5.41, 5.74) is -1.59. The molecule has 0 radical (unpaired) electrons. The van der Waals surface area contributed by atoms with Crippen LogP contribution in [0.1, 0.15) is 12.0 Å². The third-order valence-electron chi connectivity index (χ3n) is 7.07. The number of ether oxygens (including phenoxy) is 1. The van der Waals surface area contributed by atoms with Gasteiger partial charge in [0.05, 0.1) is 13.2 Å². The van der Waals surface area contributed by atoms with Crippen molar-refractivity contribution < 1.29 is 27.9 Å². The third kappa shape index (κ3) is 4.92. The fourth-order valence-corrected chi connectivity index (χ4v) is 7.77. The van der Waals surface area contributed by atoms with Crippen LogP contribution in [-0.4, -0.2) is 68.8 Å². The number of hydrogen-bond acceptors (Lipinski definition) is 6. The lowest BCUT2D eigenvalue weighted by atomic mass is 9.90. The number of benzene rings is 2. The van der Waals surface area contributed by atoms with Crippen molar-refractivity contribution in [2.24, 2.45) is 0 Å². The van der Waals surface area contributed by atoms with Gasteiger partial charge in [0.2, 0.25) is 0 Å². The molecule has 200 valence electrons. The standard InChI is InChI=1S/C26H26ClN3O6S2/c27-20-8-6-18(7-9-20)21-10-11-22(37-21)38(34,35)29-26(23(31)32)16-25(26,19-4-2-1-3-5-19)17-28-24(33)30-12-14-36-15-13-30/h1-11,29H,12-17H2,(H,28,33)(H,31,32)/t25-,26?/m1/s1. The van der Waals surface area contributed by atoms with Crippen LogP contribution in [0.15, 0.2) is 70.9 Å². The number of sulfonamides is 1. The van der Waals surface area contributed by atoms with Crippen LogP contribution >= 0.6 is 22.9 Å². The quantitative estimate of drug-likeness (QED) is 0.377. The molecular weight excluding hydrogens is 550 g/mol. The molecule has 1 aromatic heterocycles. The largest absolute Gasteiger partial charge is 0.480 e. The van der Waals surface area contributed by atoms with Gasteiger partial charge < -0.3 is 20.1 Å². The fraction of sp³-hybridized carbons (Fsp3) is 0.308. The summed E-state index contributed by atoms with van der Waals surface area (Å²) in [6.45, 7) is 1.65. The molecule has 2 fully saturated rings. The van der Waals surface area contributed by atoms with E-state index in [1.807, 2.05) is 0 Å². The Hall–Kier alpha value is -2.96. The average Bonchev–Trinajstić information content (AvgIpc) is 3.29. The summed E-state index contributed by atoms with van der Waals surface area (Å²) in [6, 6.07) is 18.6. The molecule has 2 amide bonds. The van der Waals surface area contributed by atoms with Crippen LogP contribution in [0.3, 0.4) is 0 Å². The number of rotatable bonds is 8. The molecule has 0 spiro atoms. The lowest BCUT2D eigenvalue weighted by Crippen LogP contribution is -2.53. The second kappa shape index (κ2) is 10.3. The molecule has 5 rings (SSSR count). The van der Waals surface area contributed by atoms with Gasteiger partial charge in [0.15, 0.2) is 0 Å². The Morgan fingerprint density at radius 1 is 1.03 bits per heavy atom. The molecule has 1 saturated heterocycles. The molecule has 9 nitrogen and oxygen atoms in total. The van der Waals surface area contributed by atoms with Crippen molar-refractivity contribution in [2.45, 2.75) is 21.6 Å². The zero-order valence-electron chi connectivity index (χ0n) is 20.2. The lowest BCUT2D eigenvalue weighted by molar-refractivity contribution is -0.140. The monoisotopic (exact) mass is 575 g/mol. The Kier molecular flexibility index (Phi) is 7.23. The second-order valence-electron chi connectivity index (χ2n) is 9.32. The molecular formula is C26H26ClN3O6S2. The number of amides is 2. The average molecular weight is 576 g/mol. The highest BCUT2D eigenvalue weighted by molar-refractivity contribution is 7.91. The number of carboxylic acids is 1. The van der Waals surface area contributed by atoms with Crippen molar-refractivity contribution in [3.8, 4) is 10.4 Å². The zero-order chi connectivity index (χ0) is 27.0. The van der Waals surface area contributed by atoms with Crippen molar-refractivity contribution in [3.05, 3.63) is 77.3 Å². The van der Waals surface area contributed by atoms with E-state index in [0.717, 1.165) is 16.9 Å². The number of urea groups is 1. The SMILES string of the molecule is O=C(NC[C@@]1(c2ccccc2)CC1(NS(=O)(=O)c1ccc(-c2ccc(Cl)cc2)s1)C(=O)O)N1CCOCC1. The number of thiophene rings is 1. The second-order valence-corrected chi connectivity index (χ2v) is 12.8. The van der Waals surface area contributed by atoms with Gasteiger partial charge in [0.1, 0.15) is 9.75 Å². The van der Waals surface area contributed by atoms with E-state index in [1.165, 1.54) is 6.07 Å². The van der Waals surface area contributed by atoms with Crippen LogP contribution in [0.4, 0.5) is 4.79 Å². The van der Waals surface area contributed by atoms with E-state index in [4.69, 9.17) is 16.3 Å². The van der Waals surface area contributed by atoms with Gasteiger partial charge in [0, 0.05) is 34.9 Å². The number of halogens is 1. The van der Waals surface area contributed by atoms with E-state index >= 15 is 0 Å². The van der Waals surface area contributed by atoms with Crippen molar-refractivity contribution in [2.75, 3.05) is 32.8 Å². The van der Waals surface area contributed by atoms with Gasteiger partial charge in [-0.1, -0.05) is 54.1 Å². The molecule has 3 N–H and O–H groups in total. The van der Waals surface area contributed by atoms with E-state index < -0.39 is 26.9 Å². The minimum Gasteiger partial charge on any atom is -0.480 e.